The molecule has 7 heteroatoms. The van der Waals surface area contributed by atoms with E-state index in [1.165, 1.54) is 6.42 Å². The minimum absolute atomic E-state index is 0.543. The summed E-state index contributed by atoms with van der Waals surface area (Å²) in [6.07, 6.45) is 5.57. The quantitative estimate of drug-likeness (QED) is 0.941. The smallest absolute Gasteiger partial charge is 0.229 e. The van der Waals surface area contributed by atoms with Crippen LogP contribution in [0.1, 0.15) is 25.1 Å². The average molecular weight is 306 g/mol. The summed E-state index contributed by atoms with van der Waals surface area (Å²) < 4.78 is 27.3. The number of fused-ring (bicyclic) bond motifs is 1. The third-order valence-corrected chi connectivity index (χ3v) is 4.14. The van der Waals surface area contributed by atoms with E-state index >= 15 is 0 Å². The minimum Gasteiger partial charge on any atom is -0.311 e. The number of aromatic nitrogens is 3. The van der Waals surface area contributed by atoms with Crippen molar-refractivity contribution < 1.29 is 8.42 Å². The third kappa shape index (κ3) is 3.24. The Morgan fingerprint density at radius 3 is 2.86 bits per heavy atom. The van der Waals surface area contributed by atoms with Gasteiger partial charge in [0, 0.05) is 24.2 Å². The fraction of sp³-hybridized carbons (Fsp3) is 0.429. The Kier molecular flexibility index (Phi) is 3.67. The lowest BCUT2D eigenvalue weighted by molar-refractivity contribution is 0.607. The molecular formula is C14H18N4O2S. The molecule has 1 aliphatic rings. The number of hydrogen-bond donors (Lipinski definition) is 1. The molecule has 1 N–H and O–H groups in total. The first-order valence-electron chi connectivity index (χ1n) is 7.03. The number of hydrogen-bond acceptors (Lipinski definition) is 4. The average Bonchev–Trinajstić information content (AvgIpc) is 2.66. The summed E-state index contributed by atoms with van der Waals surface area (Å²) in [6, 6.07) is 7.27. The second-order valence-electron chi connectivity index (χ2n) is 5.36. The number of sulfonamides is 1. The van der Waals surface area contributed by atoms with Crippen LogP contribution in [0.3, 0.4) is 0 Å². The summed E-state index contributed by atoms with van der Waals surface area (Å²) in [4.78, 5) is 0. The van der Waals surface area contributed by atoms with Gasteiger partial charge in [-0.2, -0.15) is 0 Å². The molecule has 0 bridgehead atoms. The summed E-state index contributed by atoms with van der Waals surface area (Å²) in [5, 5.41) is 8.55. The van der Waals surface area contributed by atoms with Crippen molar-refractivity contribution in [3.05, 3.63) is 30.1 Å². The van der Waals surface area contributed by atoms with Gasteiger partial charge in [-0.05, 0) is 25.0 Å². The molecule has 112 valence electrons. The molecule has 0 atom stereocenters. The number of anilines is 1. The highest BCUT2D eigenvalue weighted by atomic mass is 32.2. The molecule has 0 unspecified atom stereocenters. The number of rotatable bonds is 3. The van der Waals surface area contributed by atoms with E-state index in [1.807, 2.05) is 12.1 Å². The van der Waals surface area contributed by atoms with Crippen LogP contribution in [0.5, 0.6) is 0 Å². The van der Waals surface area contributed by atoms with E-state index in [4.69, 9.17) is 0 Å². The molecule has 0 saturated carbocycles. The maximum absolute atomic E-state index is 11.3. The largest absolute Gasteiger partial charge is 0.311 e. The molecule has 0 amide bonds. The Labute approximate surface area is 124 Å². The lowest BCUT2D eigenvalue weighted by Crippen LogP contribution is -2.09. The molecule has 0 aliphatic carbocycles. The van der Waals surface area contributed by atoms with E-state index < -0.39 is 10.0 Å². The van der Waals surface area contributed by atoms with Gasteiger partial charge in [0.25, 0.3) is 0 Å². The minimum atomic E-state index is -3.28. The van der Waals surface area contributed by atoms with Gasteiger partial charge in [-0.25, -0.2) is 8.42 Å². The molecule has 2 heterocycles. The van der Waals surface area contributed by atoms with Crippen molar-refractivity contribution in [1.29, 1.82) is 0 Å². The normalized spacial score (nSPS) is 15.3. The molecule has 0 spiro atoms. The zero-order chi connectivity index (χ0) is 14.9. The predicted octanol–water partition coefficient (Wildman–Crippen LogP) is 2.04. The number of aryl methyl sites for hydroxylation is 1. The summed E-state index contributed by atoms with van der Waals surface area (Å²) in [7, 11) is -3.28. The van der Waals surface area contributed by atoms with Gasteiger partial charge in [0.2, 0.25) is 10.0 Å². The molecule has 1 aromatic heterocycles. The second kappa shape index (κ2) is 5.48. The highest BCUT2D eigenvalue weighted by molar-refractivity contribution is 7.92. The van der Waals surface area contributed by atoms with Gasteiger partial charge in [-0.1, -0.05) is 18.6 Å². The molecule has 0 saturated heterocycles. The van der Waals surface area contributed by atoms with E-state index in [2.05, 4.69) is 19.5 Å². The van der Waals surface area contributed by atoms with E-state index in [-0.39, 0.29) is 0 Å². The van der Waals surface area contributed by atoms with Gasteiger partial charge < -0.3 is 4.57 Å². The van der Waals surface area contributed by atoms with Crippen LogP contribution in [-0.2, 0) is 23.0 Å². The molecule has 21 heavy (non-hydrogen) atoms. The number of nitrogens with one attached hydrogen (secondary N) is 1. The zero-order valence-electron chi connectivity index (χ0n) is 11.9. The summed E-state index contributed by atoms with van der Waals surface area (Å²) in [5.41, 5.74) is 1.42. The molecule has 0 radical (unpaired) electrons. The van der Waals surface area contributed by atoms with Crippen molar-refractivity contribution in [3.63, 3.8) is 0 Å². The first-order chi connectivity index (χ1) is 10.0. The SMILES string of the molecule is CS(=O)(=O)Nc1cccc(-c2nnc3n2CCCCC3)c1. The lowest BCUT2D eigenvalue weighted by Gasteiger charge is -2.09. The Bertz CT molecular complexity index is 752. The summed E-state index contributed by atoms with van der Waals surface area (Å²) in [5.74, 6) is 1.83. The highest BCUT2D eigenvalue weighted by Crippen LogP contribution is 2.25. The van der Waals surface area contributed by atoms with Crippen LogP contribution >= 0.6 is 0 Å². The van der Waals surface area contributed by atoms with Crippen molar-refractivity contribution in [2.24, 2.45) is 0 Å². The third-order valence-electron chi connectivity index (χ3n) is 3.53. The predicted molar refractivity (Wildman–Crippen MR) is 81.5 cm³/mol. The Morgan fingerprint density at radius 2 is 2.05 bits per heavy atom. The fourth-order valence-electron chi connectivity index (χ4n) is 2.63. The Hall–Kier alpha value is -1.89. The van der Waals surface area contributed by atoms with Gasteiger partial charge in [0.05, 0.1) is 6.26 Å². The first-order valence-corrected chi connectivity index (χ1v) is 8.92. The Balaban J connectivity index is 1.98. The highest BCUT2D eigenvalue weighted by Gasteiger charge is 2.16. The molecule has 1 aliphatic heterocycles. The fourth-order valence-corrected chi connectivity index (χ4v) is 3.19. The van der Waals surface area contributed by atoms with Crippen molar-refractivity contribution in [3.8, 4) is 11.4 Å². The number of benzene rings is 1. The molecule has 6 nitrogen and oxygen atoms in total. The van der Waals surface area contributed by atoms with Crippen molar-refractivity contribution in [2.75, 3.05) is 11.0 Å². The lowest BCUT2D eigenvalue weighted by atomic mass is 10.2. The van der Waals surface area contributed by atoms with Crippen LogP contribution in [0.2, 0.25) is 0 Å². The second-order valence-corrected chi connectivity index (χ2v) is 7.11. The van der Waals surface area contributed by atoms with Crippen LogP contribution in [-0.4, -0.2) is 29.4 Å². The Morgan fingerprint density at radius 1 is 1.19 bits per heavy atom. The van der Waals surface area contributed by atoms with Gasteiger partial charge in [0.1, 0.15) is 5.82 Å². The van der Waals surface area contributed by atoms with Crippen LogP contribution in [0.4, 0.5) is 5.69 Å². The molecule has 2 aromatic rings. The maximum atomic E-state index is 11.3. The monoisotopic (exact) mass is 306 g/mol. The van der Waals surface area contributed by atoms with Gasteiger partial charge in [-0.3, -0.25) is 4.72 Å². The van der Waals surface area contributed by atoms with Crippen molar-refractivity contribution >= 4 is 15.7 Å². The van der Waals surface area contributed by atoms with Crippen LogP contribution in [0.25, 0.3) is 11.4 Å². The zero-order valence-corrected chi connectivity index (χ0v) is 12.7. The van der Waals surface area contributed by atoms with E-state index in [9.17, 15) is 8.42 Å². The van der Waals surface area contributed by atoms with Gasteiger partial charge >= 0.3 is 0 Å². The van der Waals surface area contributed by atoms with Crippen LogP contribution in [0.15, 0.2) is 24.3 Å². The molecule has 0 fully saturated rings. The first kappa shape index (κ1) is 14.1. The number of nitrogens with zero attached hydrogens (tertiary/aromatic N) is 3. The van der Waals surface area contributed by atoms with E-state index in [0.29, 0.717) is 5.69 Å². The van der Waals surface area contributed by atoms with E-state index in [1.54, 1.807) is 12.1 Å². The summed E-state index contributed by atoms with van der Waals surface area (Å²) in [6.45, 7) is 0.918. The van der Waals surface area contributed by atoms with Crippen LogP contribution in [0, 0.1) is 0 Å². The van der Waals surface area contributed by atoms with Crippen molar-refractivity contribution in [2.45, 2.75) is 32.2 Å². The standard InChI is InChI=1S/C14H18N4O2S/c1-21(19,20)17-12-7-5-6-11(10-12)14-16-15-13-8-3-2-4-9-18(13)14/h5-7,10,17H,2-4,8-9H2,1H3. The van der Waals surface area contributed by atoms with E-state index in [0.717, 1.165) is 49.3 Å². The topological polar surface area (TPSA) is 76.9 Å². The molecule has 1 aromatic carbocycles. The molecular weight excluding hydrogens is 288 g/mol. The van der Waals surface area contributed by atoms with Crippen molar-refractivity contribution in [1.82, 2.24) is 14.8 Å². The maximum Gasteiger partial charge on any atom is 0.229 e. The molecule has 3 rings (SSSR count). The summed E-state index contributed by atoms with van der Waals surface area (Å²) >= 11 is 0. The van der Waals surface area contributed by atoms with Gasteiger partial charge in [0.15, 0.2) is 5.82 Å². The van der Waals surface area contributed by atoms with Gasteiger partial charge in [-0.15, -0.1) is 10.2 Å². The van der Waals surface area contributed by atoms with Crippen LogP contribution < -0.4 is 4.72 Å².